The average molecular weight is 256 g/mol. The molecule has 1 aliphatic rings. The fourth-order valence-corrected chi connectivity index (χ4v) is 3.23. The topological polar surface area (TPSA) is 18.5 Å². The monoisotopic (exact) mass is 256 g/mol. The van der Waals surface area contributed by atoms with Crippen molar-refractivity contribution in [2.75, 3.05) is 0 Å². The molecule has 0 saturated carbocycles. The Kier molecular flexibility index (Phi) is 4.84. The SMILES string of the molecule is CC[C@H](O[Si](C)(C)C(C)(C)C)[C@H]1CCC=CO1. The van der Waals surface area contributed by atoms with Gasteiger partial charge in [0, 0.05) is 0 Å². The Balaban J connectivity index is 2.66. The lowest BCUT2D eigenvalue weighted by Crippen LogP contribution is -2.47. The number of ether oxygens (including phenoxy) is 1. The fourth-order valence-electron chi connectivity index (χ4n) is 1.80. The van der Waals surface area contributed by atoms with Gasteiger partial charge in [0.15, 0.2) is 8.32 Å². The van der Waals surface area contributed by atoms with Crippen LogP contribution in [0.2, 0.25) is 18.1 Å². The fraction of sp³-hybridized carbons (Fsp3) is 0.857. The van der Waals surface area contributed by atoms with Crippen LogP contribution in [0.25, 0.3) is 0 Å². The zero-order valence-electron chi connectivity index (χ0n) is 12.2. The molecule has 100 valence electrons. The van der Waals surface area contributed by atoms with Crippen LogP contribution in [0.1, 0.15) is 47.0 Å². The van der Waals surface area contributed by atoms with E-state index in [1.807, 2.05) is 6.26 Å². The summed E-state index contributed by atoms with van der Waals surface area (Å²) in [5.41, 5.74) is 0. The first kappa shape index (κ1) is 14.8. The smallest absolute Gasteiger partial charge is 0.192 e. The normalized spacial score (nSPS) is 23.3. The third-order valence-electron chi connectivity index (χ3n) is 4.04. The van der Waals surface area contributed by atoms with Crippen LogP contribution in [0, 0.1) is 0 Å². The van der Waals surface area contributed by atoms with Gasteiger partial charge in [-0.05, 0) is 43.5 Å². The summed E-state index contributed by atoms with van der Waals surface area (Å²) in [6, 6.07) is 0. The van der Waals surface area contributed by atoms with Gasteiger partial charge in [-0.25, -0.2) is 0 Å². The van der Waals surface area contributed by atoms with Crippen LogP contribution in [-0.4, -0.2) is 20.5 Å². The Hall–Kier alpha value is -0.283. The van der Waals surface area contributed by atoms with Crippen molar-refractivity contribution < 1.29 is 9.16 Å². The Morgan fingerprint density at radius 2 is 2.06 bits per heavy atom. The van der Waals surface area contributed by atoms with E-state index < -0.39 is 8.32 Å². The van der Waals surface area contributed by atoms with E-state index in [4.69, 9.17) is 9.16 Å². The summed E-state index contributed by atoms with van der Waals surface area (Å²) in [6.45, 7) is 13.7. The van der Waals surface area contributed by atoms with Gasteiger partial charge in [0.1, 0.15) is 6.10 Å². The summed E-state index contributed by atoms with van der Waals surface area (Å²) in [7, 11) is -1.68. The van der Waals surface area contributed by atoms with E-state index in [9.17, 15) is 0 Å². The van der Waals surface area contributed by atoms with Crippen LogP contribution in [0.3, 0.4) is 0 Å². The van der Waals surface area contributed by atoms with E-state index in [0.717, 1.165) is 19.3 Å². The quantitative estimate of drug-likeness (QED) is 0.690. The zero-order chi connectivity index (χ0) is 13.1. The highest BCUT2D eigenvalue weighted by Crippen LogP contribution is 2.38. The predicted molar refractivity (Wildman–Crippen MR) is 75.6 cm³/mol. The first-order valence-corrected chi connectivity index (χ1v) is 9.67. The van der Waals surface area contributed by atoms with Gasteiger partial charge in [-0.1, -0.05) is 27.7 Å². The molecule has 0 saturated heterocycles. The minimum absolute atomic E-state index is 0.249. The zero-order valence-corrected chi connectivity index (χ0v) is 13.2. The number of hydrogen-bond acceptors (Lipinski definition) is 2. The first-order chi connectivity index (χ1) is 7.78. The van der Waals surface area contributed by atoms with Crippen molar-refractivity contribution in [1.82, 2.24) is 0 Å². The van der Waals surface area contributed by atoms with Crippen LogP contribution in [0.4, 0.5) is 0 Å². The molecule has 1 heterocycles. The van der Waals surface area contributed by atoms with E-state index in [1.54, 1.807) is 0 Å². The Labute approximate surface area is 108 Å². The minimum atomic E-state index is -1.68. The second kappa shape index (κ2) is 5.57. The third kappa shape index (κ3) is 3.85. The number of allylic oxidation sites excluding steroid dienone is 1. The molecule has 2 atom stereocenters. The Morgan fingerprint density at radius 3 is 2.47 bits per heavy atom. The lowest BCUT2D eigenvalue weighted by Gasteiger charge is -2.41. The van der Waals surface area contributed by atoms with Crippen molar-refractivity contribution in [3.8, 4) is 0 Å². The van der Waals surface area contributed by atoms with Crippen molar-refractivity contribution in [3.05, 3.63) is 12.3 Å². The third-order valence-corrected chi connectivity index (χ3v) is 8.54. The molecule has 0 aromatic heterocycles. The molecule has 3 heteroatoms. The van der Waals surface area contributed by atoms with Crippen LogP contribution >= 0.6 is 0 Å². The van der Waals surface area contributed by atoms with Gasteiger partial charge in [0.25, 0.3) is 0 Å². The average Bonchev–Trinajstić information content (AvgIpc) is 2.25. The number of hydrogen-bond donors (Lipinski definition) is 0. The molecule has 0 fully saturated rings. The molecular weight excluding hydrogens is 228 g/mol. The van der Waals surface area contributed by atoms with Gasteiger partial charge in [-0.2, -0.15) is 0 Å². The molecule has 0 radical (unpaired) electrons. The molecule has 0 amide bonds. The van der Waals surface area contributed by atoms with Crippen molar-refractivity contribution in [1.29, 1.82) is 0 Å². The molecule has 0 N–H and O–H groups in total. The van der Waals surface area contributed by atoms with E-state index in [1.165, 1.54) is 0 Å². The minimum Gasteiger partial charge on any atom is -0.496 e. The van der Waals surface area contributed by atoms with Crippen LogP contribution in [0.5, 0.6) is 0 Å². The highest BCUT2D eigenvalue weighted by molar-refractivity contribution is 6.74. The van der Waals surface area contributed by atoms with E-state index >= 15 is 0 Å². The molecule has 0 spiro atoms. The molecule has 0 aromatic carbocycles. The van der Waals surface area contributed by atoms with Crippen LogP contribution in [-0.2, 0) is 9.16 Å². The molecule has 0 aromatic rings. The van der Waals surface area contributed by atoms with E-state index in [0.29, 0.717) is 0 Å². The second-order valence-corrected chi connectivity index (χ2v) is 11.2. The van der Waals surface area contributed by atoms with Gasteiger partial charge in [-0.15, -0.1) is 0 Å². The maximum atomic E-state index is 6.47. The summed E-state index contributed by atoms with van der Waals surface area (Å²) in [5, 5.41) is 0.269. The van der Waals surface area contributed by atoms with Gasteiger partial charge >= 0.3 is 0 Å². The van der Waals surface area contributed by atoms with E-state index in [-0.39, 0.29) is 17.2 Å². The maximum absolute atomic E-state index is 6.47. The summed E-state index contributed by atoms with van der Waals surface area (Å²) < 4.78 is 12.2. The standard InChI is InChI=1S/C14H28O2Si/c1-7-12(13-10-8-9-11-15-13)16-17(5,6)14(2,3)4/h9,11-13H,7-8,10H2,1-6H3/t12-,13+/m0/s1. The van der Waals surface area contributed by atoms with Gasteiger partial charge in [-0.3, -0.25) is 0 Å². The molecule has 0 bridgehead atoms. The van der Waals surface area contributed by atoms with Crippen LogP contribution < -0.4 is 0 Å². The van der Waals surface area contributed by atoms with Gasteiger partial charge < -0.3 is 9.16 Å². The lowest BCUT2D eigenvalue weighted by molar-refractivity contribution is 0.00390. The van der Waals surface area contributed by atoms with Crippen molar-refractivity contribution in [2.45, 2.75) is 77.3 Å². The summed E-state index contributed by atoms with van der Waals surface area (Å²) in [6.07, 6.45) is 7.66. The highest BCUT2D eigenvalue weighted by Gasteiger charge is 2.40. The van der Waals surface area contributed by atoms with Gasteiger partial charge in [0.05, 0.1) is 12.4 Å². The Bertz CT molecular complexity index is 266. The summed E-state index contributed by atoms with van der Waals surface area (Å²) >= 11 is 0. The first-order valence-electron chi connectivity index (χ1n) is 6.76. The molecule has 2 nitrogen and oxygen atoms in total. The highest BCUT2D eigenvalue weighted by atomic mass is 28.4. The summed E-state index contributed by atoms with van der Waals surface area (Å²) in [4.78, 5) is 0. The molecular formula is C14H28O2Si. The lowest BCUT2D eigenvalue weighted by atomic mass is 10.1. The van der Waals surface area contributed by atoms with Gasteiger partial charge in [0.2, 0.25) is 0 Å². The Morgan fingerprint density at radius 1 is 1.41 bits per heavy atom. The van der Waals surface area contributed by atoms with Crippen molar-refractivity contribution >= 4 is 8.32 Å². The molecule has 0 aliphatic carbocycles. The largest absolute Gasteiger partial charge is 0.496 e. The molecule has 1 aliphatic heterocycles. The van der Waals surface area contributed by atoms with E-state index in [2.05, 4.69) is 46.9 Å². The van der Waals surface area contributed by atoms with Crippen LogP contribution in [0.15, 0.2) is 12.3 Å². The number of rotatable bonds is 4. The molecule has 17 heavy (non-hydrogen) atoms. The second-order valence-electron chi connectivity index (χ2n) is 6.45. The molecule has 0 unspecified atom stereocenters. The van der Waals surface area contributed by atoms with Crippen molar-refractivity contribution in [2.24, 2.45) is 0 Å². The predicted octanol–water partition coefficient (Wildman–Crippen LogP) is 4.48. The van der Waals surface area contributed by atoms with Crippen molar-refractivity contribution in [3.63, 3.8) is 0 Å². The maximum Gasteiger partial charge on any atom is 0.192 e. The molecule has 1 rings (SSSR count). The summed E-state index contributed by atoms with van der Waals surface area (Å²) in [5.74, 6) is 0.